The Hall–Kier alpha value is -1.97. The zero-order chi connectivity index (χ0) is 22.3. The summed E-state index contributed by atoms with van der Waals surface area (Å²) in [5.41, 5.74) is 0.197. The standard InChI is InChI=1S/C21H33N3O5S/c1-5-24(6-2)30(27,28)18-11-7-9-16(13-18)20(25)23-19(15(3)4)21(26)22-17-10-8-12-29-14-17/h7,9,11,13,15,17,19H,5-6,8,10,12,14H2,1-4H3,(H,22,26)(H,23,25). The van der Waals surface area contributed by atoms with Crippen molar-refractivity contribution in [3.63, 3.8) is 0 Å². The summed E-state index contributed by atoms with van der Waals surface area (Å²) in [5.74, 6) is -0.887. The molecule has 0 bridgehead atoms. The molecular formula is C21H33N3O5S. The molecule has 1 saturated heterocycles. The lowest BCUT2D eigenvalue weighted by Crippen LogP contribution is -2.53. The lowest BCUT2D eigenvalue weighted by molar-refractivity contribution is -0.125. The van der Waals surface area contributed by atoms with Crippen molar-refractivity contribution in [2.75, 3.05) is 26.3 Å². The van der Waals surface area contributed by atoms with Gasteiger partial charge in [0.25, 0.3) is 5.91 Å². The molecule has 2 amide bonds. The van der Waals surface area contributed by atoms with Crippen LogP contribution in [-0.4, -0.2) is 62.9 Å². The predicted molar refractivity (Wildman–Crippen MR) is 115 cm³/mol. The van der Waals surface area contributed by atoms with Crippen molar-refractivity contribution in [2.24, 2.45) is 5.92 Å². The number of nitrogens with one attached hydrogen (secondary N) is 2. The van der Waals surface area contributed by atoms with Crippen molar-refractivity contribution in [3.8, 4) is 0 Å². The van der Waals surface area contributed by atoms with E-state index in [-0.39, 0.29) is 28.3 Å². The van der Waals surface area contributed by atoms with E-state index in [4.69, 9.17) is 4.74 Å². The lowest BCUT2D eigenvalue weighted by Gasteiger charge is -2.27. The normalized spacial score (nSPS) is 18.3. The molecule has 0 radical (unpaired) electrons. The molecule has 0 saturated carbocycles. The fourth-order valence-electron chi connectivity index (χ4n) is 3.42. The molecule has 1 aromatic rings. The Balaban J connectivity index is 2.15. The number of nitrogens with zero attached hydrogens (tertiary/aromatic N) is 1. The summed E-state index contributed by atoms with van der Waals surface area (Å²) in [5, 5.41) is 5.70. The zero-order valence-corrected chi connectivity index (χ0v) is 19.0. The molecule has 0 aromatic heterocycles. The van der Waals surface area contributed by atoms with E-state index in [9.17, 15) is 18.0 Å². The van der Waals surface area contributed by atoms with Crippen LogP contribution in [0.3, 0.4) is 0 Å². The van der Waals surface area contributed by atoms with E-state index in [0.29, 0.717) is 26.3 Å². The summed E-state index contributed by atoms with van der Waals surface area (Å²) in [6.07, 6.45) is 1.73. The number of rotatable bonds is 9. The minimum Gasteiger partial charge on any atom is -0.379 e. The highest BCUT2D eigenvalue weighted by Gasteiger charge is 2.28. The highest BCUT2D eigenvalue weighted by atomic mass is 32.2. The molecule has 30 heavy (non-hydrogen) atoms. The fraction of sp³-hybridized carbons (Fsp3) is 0.619. The Labute approximate surface area is 179 Å². The largest absolute Gasteiger partial charge is 0.379 e. The summed E-state index contributed by atoms with van der Waals surface area (Å²) < 4.78 is 32.2. The Kier molecular flexibility index (Phi) is 8.81. The molecule has 2 atom stereocenters. The van der Waals surface area contributed by atoms with E-state index in [0.717, 1.165) is 12.8 Å². The summed E-state index contributed by atoms with van der Waals surface area (Å²) in [6.45, 7) is 9.08. The number of ether oxygens (including phenoxy) is 1. The highest BCUT2D eigenvalue weighted by molar-refractivity contribution is 7.89. The first kappa shape index (κ1) is 24.3. The van der Waals surface area contributed by atoms with Gasteiger partial charge in [-0.15, -0.1) is 0 Å². The van der Waals surface area contributed by atoms with Crippen LogP contribution in [0.15, 0.2) is 29.2 Å². The summed E-state index contributed by atoms with van der Waals surface area (Å²) >= 11 is 0. The minimum atomic E-state index is -3.68. The molecule has 1 heterocycles. The Bertz CT molecular complexity index is 831. The van der Waals surface area contributed by atoms with E-state index in [2.05, 4.69) is 10.6 Å². The Morgan fingerprint density at radius 2 is 1.93 bits per heavy atom. The average molecular weight is 440 g/mol. The van der Waals surface area contributed by atoms with Gasteiger partial charge in [0.15, 0.2) is 0 Å². The first-order valence-corrected chi connectivity index (χ1v) is 11.9. The van der Waals surface area contributed by atoms with Gasteiger partial charge in [-0.05, 0) is 37.0 Å². The van der Waals surface area contributed by atoms with Crippen LogP contribution in [0, 0.1) is 5.92 Å². The number of carbonyl (C=O) groups is 2. The van der Waals surface area contributed by atoms with Gasteiger partial charge in [0.2, 0.25) is 15.9 Å². The number of benzene rings is 1. The number of amides is 2. The van der Waals surface area contributed by atoms with Crippen LogP contribution in [0.2, 0.25) is 0 Å². The van der Waals surface area contributed by atoms with Gasteiger partial charge in [-0.25, -0.2) is 8.42 Å². The molecule has 1 fully saturated rings. The second kappa shape index (κ2) is 10.9. The maximum absolute atomic E-state index is 12.8. The number of hydrogen-bond acceptors (Lipinski definition) is 5. The molecule has 0 spiro atoms. The van der Waals surface area contributed by atoms with Gasteiger partial charge in [0.1, 0.15) is 6.04 Å². The maximum atomic E-state index is 12.8. The molecule has 9 heteroatoms. The Morgan fingerprint density at radius 3 is 2.50 bits per heavy atom. The summed E-state index contributed by atoms with van der Waals surface area (Å²) in [7, 11) is -3.68. The van der Waals surface area contributed by atoms with Crippen molar-refractivity contribution in [3.05, 3.63) is 29.8 Å². The topological polar surface area (TPSA) is 105 Å². The predicted octanol–water partition coefficient (Wildman–Crippen LogP) is 1.77. The van der Waals surface area contributed by atoms with Crippen LogP contribution in [0.5, 0.6) is 0 Å². The van der Waals surface area contributed by atoms with E-state index in [1.165, 1.54) is 22.5 Å². The molecule has 8 nitrogen and oxygen atoms in total. The van der Waals surface area contributed by atoms with E-state index < -0.39 is 22.0 Å². The van der Waals surface area contributed by atoms with Crippen LogP contribution in [0.25, 0.3) is 0 Å². The summed E-state index contributed by atoms with van der Waals surface area (Å²) in [4.78, 5) is 25.6. The van der Waals surface area contributed by atoms with Gasteiger partial charge in [-0.3, -0.25) is 9.59 Å². The molecule has 2 N–H and O–H groups in total. The number of sulfonamides is 1. The van der Waals surface area contributed by atoms with E-state index in [1.54, 1.807) is 19.9 Å². The van der Waals surface area contributed by atoms with Crippen molar-refractivity contribution < 1.29 is 22.7 Å². The van der Waals surface area contributed by atoms with Gasteiger partial charge in [0.05, 0.1) is 17.5 Å². The number of hydrogen-bond donors (Lipinski definition) is 2. The summed E-state index contributed by atoms with van der Waals surface area (Å²) in [6, 6.07) is 5.11. The van der Waals surface area contributed by atoms with E-state index in [1.807, 2.05) is 13.8 Å². The minimum absolute atomic E-state index is 0.0590. The average Bonchev–Trinajstić information content (AvgIpc) is 2.73. The Morgan fingerprint density at radius 1 is 1.23 bits per heavy atom. The maximum Gasteiger partial charge on any atom is 0.251 e. The van der Waals surface area contributed by atoms with Crippen LogP contribution < -0.4 is 10.6 Å². The van der Waals surface area contributed by atoms with Crippen molar-refractivity contribution in [1.29, 1.82) is 0 Å². The molecule has 2 unspecified atom stereocenters. The quantitative estimate of drug-likeness (QED) is 0.610. The fourth-order valence-corrected chi connectivity index (χ4v) is 4.92. The SMILES string of the molecule is CCN(CC)S(=O)(=O)c1cccc(C(=O)NC(C(=O)NC2CCCOC2)C(C)C)c1. The van der Waals surface area contributed by atoms with Crippen LogP contribution in [-0.2, 0) is 19.6 Å². The smallest absolute Gasteiger partial charge is 0.251 e. The molecule has 1 aromatic carbocycles. The second-order valence-corrected chi connectivity index (χ2v) is 9.67. The van der Waals surface area contributed by atoms with Gasteiger partial charge in [-0.2, -0.15) is 4.31 Å². The first-order chi connectivity index (χ1) is 14.2. The van der Waals surface area contributed by atoms with Crippen LogP contribution in [0.1, 0.15) is 50.9 Å². The van der Waals surface area contributed by atoms with Crippen molar-refractivity contribution in [1.82, 2.24) is 14.9 Å². The van der Waals surface area contributed by atoms with Gasteiger partial charge >= 0.3 is 0 Å². The molecule has 1 aliphatic heterocycles. The van der Waals surface area contributed by atoms with Gasteiger partial charge < -0.3 is 15.4 Å². The third-order valence-corrected chi connectivity index (χ3v) is 7.23. The third-order valence-electron chi connectivity index (χ3n) is 5.18. The van der Waals surface area contributed by atoms with Crippen molar-refractivity contribution in [2.45, 2.75) is 57.5 Å². The number of carbonyl (C=O) groups excluding carboxylic acids is 2. The van der Waals surface area contributed by atoms with Crippen LogP contribution in [0.4, 0.5) is 0 Å². The first-order valence-electron chi connectivity index (χ1n) is 10.5. The lowest BCUT2D eigenvalue weighted by atomic mass is 10.0. The highest BCUT2D eigenvalue weighted by Crippen LogP contribution is 2.17. The molecular weight excluding hydrogens is 406 g/mol. The molecule has 1 aliphatic rings. The second-order valence-electron chi connectivity index (χ2n) is 7.73. The molecule has 0 aliphatic carbocycles. The van der Waals surface area contributed by atoms with Crippen molar-refractivity contribution >= 4 is 21.8 Å². The van der Waals surface area contributed by atoms with E-state index >= 15 is 0 Å². The molecule has 168 valence electrons. The third kappa shape index (κ3) is 6.02. The van der Waals surface area contributed by atoms with Gasteiger partial charge in [0, 0.05) is 25.3 Å². The molecule has 2 rings (SSSR count). The van der Waals surface area contributed by atoms with Gasteiger partial charge in [-0.1, -0.05) is 33.8 Å². The monoisotopic (exact) mass is 439 g/mol. The van der Waals surface area contributed by atoms with Crippen LogP contribution >= 0.6 is 0 Å². The zero-order valence-electron chi connectivity index (χ0n) is 18.2.